The summed E-state index contributed by atoms with van der Waals surface area (Å²) in [5, 5.41) is 19.5. The number of aliphatic hydroxyl groups is 2. The molecule has 0 aromatic carbocycles. The zero-order valence-electron chi connectivity index (χ0n) is 13.1. The summed E-state index contributed by atoms with van der Waals surface area (Å²) in [5.74, 6) is 0.455. The van der Waals surface area contributed by atoms with Gasteiger partial charge in [0.1, 0.15) is 5.76 Å². The maximum atomic E-state index is 12.4. The molecule has 20 heavy (non-hydrogen) atoms. The van der Waals surface area contributed by atoms with Gasteiger partial charge >= 0.3 is 0 Å². The monoisotopic (exact) mass is 282 g/mol. The van der Waals surface area contributed by atoms with Gasteiger partial charge < -0.3 is 14.9 Å². The number of carbonyl (C=O) groups excluding carboxylic acids is 1. The largest absolute Gasteiger partial charge is 0.479 e. The lowest BCUT2D eigenvalue weighted by molar-refractivity contribution is -0.125. The molecule has 1 rings (SSSR count). The van der Waals surface area contributed by atoms with Gasteiger partial charge in [-0.3, -0.25) is 4.79 Å². The van der Waals surface area contributed by atoms with E-state index >= 15 is 0 Å². The first-order valence-electron chi connectivity index (χ1n) is 7.24. The lowest BCUT2D eigenvalue weighted by Crippen LogP contribution is -2.33. The molecule has 1 aliphatic heterocycles. The van der Waals surface area contributed by atoms with Crippen molar-refractivity contribution in [2.45, 2.75) is 59.2 Å². The van der Waals surface area contributed by atoms with E-state index in [1.807, 2.05) is 20.8 Å². The van der Waals surface area contributed by atoms with E-state index in [9.17, 15) is 15.0 Å². The molecule has 3 atom stereocenters. The standard InChI is InChI=1S/C16H26O4/c1-6-10(3)14(18)11(4)8-16(5)15(19)12(9-17)13(7-2)20-16/h8,10,14,17-18H,6-7,9H2,1-5H3. The number of ether oxygens (including phenoxy) is 1. The summed E-state index contributed by atoms with van der Waals surface area (Å²) in [6, 6.07) is 0. The van der Waals surface area contributed by atoms with E-state index in [1.165, 1.54) is 0 Å². The molecule has 0 aromatic rings. The first-order chi connectivity index (χ1) is 9.30. The van der Waals surface area contributed by atoms with Crippen LogP contribution in [-0.4, -0.2) is 34.3 Å². The van der Waals surface area contributed by atoms with Crippen molar-refractivity contribution in [3.63, 3.8) is 0 Å². The zero-order valence-corrected chi connectivity index (χ0v) is 13.1. The maximum absolute atomic E-state index is 12.4. The molecule has 0 radical (unpaired) electrons. The lowest BCUT2D eigenvalue weighted by atomic mass is 9.89. The van der Waals surface area contributed by atoms with E-state index in [0.717, 1.165) is 12.0 Å². The van der Waals surface area contributed by atoms with Crippen molar-refractivity contribution in [1.82, 2.24) is 0 Å². The molecule has 4 nitrogen and oxygen atoms in total. The minimum Gasteiger partial charge on any atom is -0.479 e. The van der Waals surface area contributed by atoms with Crippen LogP contribution in [0.1, 0.15) is 47.5 Å². The Hall–Kier alpha value is -1.13. The normalized spacial score (nSPS) is 26.8. The van der Waals surface area contributed by atoms with Crippen molar-refractivity contribution in [3.05, 3.63) is 23.0 Å². The second-order valence-corrected chi connectivity index (χ2v) is 5.67. The van der Waals surface area contributed by atoms with Gasteiger partial charge in [0, 0.05) is 6.42 Å². The average molecular weight is 282 g/mol. The van der Waals surface area contributed by atoms with Crippen molar-refractivity contribution in [1.29, 1.82) is 0 Å². The topological polar surface area (TPSA) is 66.8 Å². The van der Waals surface area contributed by atoms with Crippen molar-refractivity contribution in [2.24, 2.45) is 5.92 Å². The lowest BCUT2D eigenvalue weighted by Gasteiger charge is -2.24. The van der Waals surface area contributed by atoms with Crippen LogP contribution in [0.4, 0.5) is 0 Å². The molecule has 4 heteroatoms. The fraction of sp³-hybridized carbons (Fsp3) is 0.688. The number of rotatable bonds is 6. The molecule has 0 fully saturated rings. The van der Waals surface area contributed by atoms with Crippen LogP contribution in [0.3, 0.4) is 0 Å². The predicted octanol–water partition coefficient (Wildman–Crippen LogP) is 2.35. The summed E-state index contributed by atoms with van der Waals surface area (Å²) in [6.07, 6.45) is 2.53. The fourth-order valence-electron chi connectivity index (χ4n) is 2.52. The predicted molar refractivity (Wildman–Crippen MR) is 78.1 cm³/mol. The fourth-order valence-corrected chi connectivity index (χ4v) is 2.52. The third-order valence-corrected chi connectivity index (χ3v) is 4.03. The van der Waals surface area contributed by atoms with E-state index in [1.54, 1.807) is 19.9 Å². The smallest absolute Gasteiger partial charge is 0.211 e. The highest BCUT2D eigenvalue weighted by atomic mass is 16.5. The number of ketones is 1. The minimum atomic E-state index is -1.11. The molecule has 2 N–H and O–H groups in total. The van der Waals surface area contributed by atoms with Crippen molar-refractivity contribution in [3.8, 4) is 0 Å². The zero-order chi connectivity index (χ0) is 15.5. The number of carbonyl (C=O) groups is 1. The van der Waals surface area contributed by atoms with Crippen LogP contribution in [0.5, 0.6) is 0 Å². The van der Waals surface area contributed by atoms with Crippen LogP contribution in [0.25, 0.3) is 0 Å². The van der Waals surface area contributed by atoms with E-state index in [0.29, 0.717) is 17.8 Å². The Morgan fingerprint density at radius 2 is 2.05 bits per heavy atom. The van der Waals surface area contributed by atoms with Crippen molar-refractivity contribution < 1.29 is 19.7 Å². The van der Waals surface area contributed by atoms with Crippen LogP contribution in [0.2, 0.25) is 0 Å². The van der Waals surface area contributed by atoms with Gasteiger partial charge in [-0.25, -0.2) is 0 Å². The number of aliphatic hydroxyl groups excluding tert-OH is 2. The summed E-state index contributed by atoms with van der Waals surface area (Å²) in [4.78, 5) is 12.4. The average Bonchev–Trinajstić information content (AvgIpc) is 2.68. The van der Waals surface area contributed by atoms with Gasteiger partial charge in [-0.2, -0.15) is 0 Å². The van der Waals surface area contributed by atoms with Gasteiger partial charge in [-0.05, 0) is 31.4 Å². The molecule has 1 heterocycles. The quantitative estimate of drug-likeness (QED) is 0.734. The Bertz CT molecular complexity index is 436. The summed E-state index contributed by atoms with van der Waals surface area (Å²) in [7, 11) is 0. The molecule has 0 saturated heterocycles. The van der Waals surface area contributed by atoms with Crippen LogP contribution in [0, 0.1) is 5.92 Å². The van der Waals surface area contributed by atoms with E-state index in [-0.39, 0.29) is 18.3 Å². The van der Waals surface area contributed by atoms with Crippen LogP contribution < -0.4 is 0 Å². The number of hydrogen-bond acceptors (Lipinski definition) is 4. The SMILES string of the molecule is CCC1=C(CO)C(=O)C(C)(C=C(C)C(O)C(C)CC)O1. The van der Waals surface area contributed by atoms with Gasteiger partial charge in [0.15, 0.2) is 5.60 Å². The number of hydrogen-bond donors (Lipinski definition) is 2. The Labute approximate surface area is 121 Å². The van der Waals surface area contributed by atoms with E-state index in [4.69, 9.17) is 4.74 Å². The Balaban J connectivity index is 3.01. The molecule has 0 bridgehead atoms. The second kappa shape index (κ2) is 6.55. The number of Topliss-reactive ketones (excluding diaryl/α,β-unsaturated/α-hetero) is 1. The van der Waals surface area contributed by atoms with Gasteiger partial charge in [0.05, 0.1) is 18.3 Å². The van der Waals surface area contributed by atoms with Crippen LogP contribution in [-0.2, 0) is 9.53 Å². The Morgan fingerprint density at radius 3 is 2.45 bits per heavy atom. The van der Waals surface area contributed by atoms with Gasteiger partial charge in [0.25, 0.3) is 0 Å². The van der Waals surface area contributed by atoms with E-state index < -0.39 is 11.7 Å². The molecule has 3 unspecified atom stereocenters. The number of allylic oxidation sites excluding steroid dienone is 1. The summed E-state index contributed by atoms with van der Waals surface area (Å²) in [5.41, 5.74) is -0.0380. The molecule has 0 aliphatic carbocycles. The summed E-state index contributed by atoms with van der Waals surface area (Å²) < 4.78 is 5.73. The van der Waals surface area contributed by atoms with Gasteiger partial charge in [0.2, 0.25) is 5.78 Å². The van der Waals surface area contributed by atoms with Crippen molar-refractivity contribution >= 4 is 5.78 Å². The van der Waals surface area contributed by atoms with Gasteiger partial charge in [-0.1, -0.05) is 27.2 Å². The first-order valence-corrected chi connectivity index (χ1v) is 7.24. The highest BCUT2D eigenvalue weighted by Gasteiger charge is 2.43. The molecule has 0 amide bonds. The highest BCUT2D eigenvalue weighted by Crippen LogP contribution is 2.34. The maximum Gasteiger partial charge on any atom is 0.211 e. The van der Waals surface area contributed by atoms with Gasteiger partial charge in [-0.15, -0.1) is 0 Å². The molecule has 0 saturated carbocycles. The molecule has 114 valence electrons. The third kappa shape index (κ3) is 3.13. The summed E-state index contributed by atoms with van der Waals surface area (Å²) in [6.45, 7) is 9.05. The minimum absolute atomic E-state index is 0.127. The van der Waals surface area contributed by atoms with Crippen molar-refractivity contribution in [2.75, 3.05) is 6.61 Å². The van der Waals surface area contributed by atoms with Crippen LogP contribution in [0.15, 0.2) is 23.0 Å². The molecular formula is C16H26O4. The molecule has 0 aromatic heterocycles. The summed E-state index contributed by atoms with van der Waals surface area (Å²) >= 11 is 0. The van der Waals surface area contributed by atoms with E-state index in [2.05, 4.69) is 0 Å². The highest BCUT2D eigenvalue weighted by molar-refractivity contribution is 6.05. The Kier molecular flexibility index (Phi) is 5.54. The third-order valence-electron chi connectivity index (χ3n) is 4.03. The molecular weight excluding hydrogens is 256 g/mol. The van der Waals surface area contributed by atoms with Crippen LogP contribution >= 0.6 is 0 Å². The second-order valence-electron chi connectivity index (χ2n) is 5.67. The molecule has 0 spiro atoms. The molecule has 1 aliphatic rings. The Morgan fingerprint density at radius 1 is 1.45 bits per heavy atom. The first kappa shape index (κ1) is 16.9.